The van der Waals surface area contributed by atoms with Crippen molar-refractivity contribution in [2.45, 2.75) is 55.3 Å². The Morgan fingerprint density at radius 3 is 2.74 bits per heavy atom. The maximum absolute atomic E-state index is 14.4. The first-order valence-corrected chi connectivity index (χ1v) is 12.9. The van der Waals surface area contributed by atoms with Gasteiger partial charge in [-0.05, 0) is 74.2 Å². The quantitative estimate of drug-likeness (QED) is 0.297. The minimum absolute atomic E-state index is 0.0237. The highest BCUT2D eigenvalue weighted by Crippen LogP contribution is 2.64. The van der Waals surface area contributed by atoms with E-state index < -0.39 is 17.6 Å². The summed E-state index contributed by atoms with van der Waals surface area (Å²) in [7, 11) is 2.03. The Labute approximate surface area is 201 Å². The summed E-state index contributed by atoms with van der Waals surface area (Å²) < 4.78 is 60.5. The number of halogens is 4. The third-order valence-corrected chi connectivity index (χ3v) is 8.77. The summed E-state index contributed by atoms with van der Waals surface area (Å²) in [5, 5.41) is 9.74. The number of benzene rings is 1. The predicted octanol–water partition coefficient (Wildman–Crippen LogP) is 5.23. The lowest BCUT2D eigenvalue weighted by Gasteiger charge is -2.21. The van der Waals surface area contributed by atoms with Crippen LogP contribution in [0.1, 0.15) is 60.9 Å². The van der Waals surface area contributed by atoms with E-state index >= 15 is 0 Å². The maximum Gasteiger partial charge on any atom is 0.416 e. The molecule has 5 nitrogen and oxygen atoms in total. The second-order valence-corrected chi connectivity index (χ2v) is 10.9. The molecule has 2 atom stereocenters. The lowest BCUT2D eigenvalue weighted by Crippen LogP contribution is -2.23. The highest BCUT2D eigenvalue weighted by atomic mass is 32.2. The van der Waals surface area contributed by atoms with Crippen LogP contribution < -0.4 is 0 Å². The molecule has 2 aliphatic heterocycles. The number of ether oxygens (including phenoxy) is 1. The van der Waals surface area contributed by atoms with Gasteiger partial charge in [-0.2, -0.15) is 13.2 Å². The van der Waals surface area contributed by atoms with Crippen LogP contribution in [0, 0.1) is 11.2 Å². The molecule has 0 N–H and O–H groups in total. The second-order valence-electron chi connectivity index (χ2n) is 9.87. The van der Waals surface area contributed by atoms with Crippen LogP contribution in [-0.2, 0) is 18.0 Å². The summed E-state index contributed by atoms with van der Waals surface area (Å²) in [5.41, 5.74) is -0.458. The number of rotatable bonds is 7. The summed E-state index contributed by atoms with van der Waals surface area (Å²) in [5.74, 6) is 1.71. The van der Waals surface area contributed by atoms with Gasteiger partial charge < -0.3 is 14.2 Å². The predicted molar refractivity (Wildman–Crippen MR) is 121 cm³/mol. The highest BCUT2D eigenvalue weighted by molar-refractivity contribution is 7.99. The van der Waals surface area contributed by atoms with E-state index in [1.807, 2.05) is 7.05 Å². The first kappa shape index (κ1) is 24.1. The zero-order valence-electron chi connectivity index (χ0n) is 19.3. The average molecular weight is 499 g/mol. The number of alkyl halides is 3. The highest BCUT2D eigenvalue weighted by Gasteiger charge is 2.58. The maximum atomic E-state index is 14.4. The third kappa shape index (κ3) is 4.86. The number of hydrogen-bond acceptors (Lipinski definition) is 5. The zero-order valence-corrected chi connectivity index (χ0v) is 20.1. The number of nitrogens with zero attached hydrogens (tertiary/aromatic N) is 4. The third-order valence-electron chi connectivity index (χ3n) is 7.66. The molecular formula is C24H30F4N4OS. The van der Waals surface area contributed by atoms with Gasteiger partial charge >= 0.3 is 6.18 Å². The van der Waals surface area contributed by atoms with E-state index in [0.29, 0.717) is 17.5 Å². The molecule has 3 aliphatic rings. The lowest BCUT2D eigenvalue weighted by molar-refractivity contribution is -0.137. The van der Waals surface area contributed by atoms with Gasteiger partial charge in [0.1, 0.15) is 11.6 Å². The Morgan fingerprint density at radius 1 is 1.21 bits per heavy atom. The Bertz CT molecular complexity index is 1020. The molecule has 1 saturated carbocycles. The van der Waals surface area contributed by atoms with Crippen molar-refractivity contribution in [3.05, 3.63) is 41.0 Å². The molecule has 0 bridgehead atoms. The SMILES string of the molecule is Cn1c(SCCCN2CC[C@]3(C[C@@H]3c3ccc(C(F)(F)F)cc3F)C2)nnc1C1CCOCC1. The minimum Gasteiger partial charge on any atom is -0.381 e. The Morgan fingerprint density at radius 2 is 2.00 bits per heavy atom. The van der Waals surface area contributed by atoms with Crippen LogP contribution in [0.4, 0.5) is 17.6 Å². The smallest absolute Gasteiger partial charge is 0.381 e. The van der Waals surface area contributed by atoms with E-state index in [4.69, 9.17) is 4.74 Å². The van der Waals surface area contributed by atoms with E-state index in [9.17, 15) is 17.6 Å². The summed E-state index contributed by atoms with van der Waals surface area (Å²) >= 11 is 1.72. The van der Waals surface area contributed by atoms with Crippen LogP contribution in [0.15, 0.2) is 23.4 Å². The second kappa shape index (κ2) is 9.43. The molecule has 0 radical (unpaired) electrons. The van der Waals surface area contributed by atoms with Crippen LogP contribution in [0.2, 0.25) is 0 Å². The Balaban J connectivity index is 1.09. The number of likely N-dealkylation sites (tertiary alicyclic amines) is 1. The van der Waals surface area contributed by atoms with Crippen molar-refractivity contribution in [1.29, 1.82) is 0 Å². The lowest BCUT2D eigenvalue weighted by atomic mass is 9.97. The molecule has 1 aromatic carbocycles. The van der Waals surface area contributed by atoms with Crippen LogP contribution in [0.5, 0.6) is 0 Å². The number of hydrogen-bond donors (Lipinski definition) is 0. The van der Waals surface area contributed by atoms with Gasteiger partial charge in [0.05, 0.1) is 5.56 Å². The Hall–Kier alpha value is -1.65. The van der Waals surface area contributed by atoms with Gasteiger partial charge in [0.25, 0.3) is 0 Å². The van der Waals surface area contributed by atoms with Gasteiger partial charge in [-0.15, -0.1) is 10.2 Å². The first-order chi connectivity index (χ1) is 16.3. The van der Waals surface area contributed by atoms with Crippen molar-refractivity contribution in [2.24, 2.45) is 12.5 Å². The fraction of sp³-hybridized carbons (Fsp3) is 0.667. The Kier molecular flexibility index (Phi) is 6.67. The van der Waals surface area contributed by atoms with Crippen molar-refractivity contribution < 1.29 is 22.3 Å². The van der Waals surface area contributed by atoms with Gasteiger partial charge in [0.15, 0.2) is 5.16 Å². The van der Waals surface area contributed by atoms with Crippen LogP contribution in [0.3, 0.4) is 0 Å². The molecule has 3 fully saturated rings. The monoisotopic (exact) mass is 498 g/mol. The minimum atomic E-state index is -4.51. The molecule has 186 valence electrons. The fourth-order valence-electron chi connectivity index (χ4n) is 5.61. The number of aromatic nitrogens is 3. The molecule has 2 aromatic rings. The molecule has 10 heteroatoms. The fourth-order valence-corrected chi connectivity index (χ4v) is 6.46. The zero-order chi connectivity index (χ0) is 23.9. The van der Waals surface area contributed by atoms with Gasteiger partial charge in [0, 0.05) is 38.5 Å². The van der Waals surface area contributed by atoms with Gasteiger partial charge in [-0.3, -0.25) is 0 Å². The van der Waals surface area contributed by atoms with Gasteiger partial charge in [-0.25, -0.2) is 4.39 Å². The average Bonchev–Trinajstić information content (AvgIpc) is 3.14. The molecule has 0 amide bonds. The van der Waals surface area contributed by atoms with E-state index in [-0.39, 0.29) is 11.3 Å². The molecule has 0 unspecified atom stereocenters. The molecular weight excluding hydrogens is 468 g/mol. The molecule has 1 aromatic heterocycles. The topological polar surface area (TPSA) is 43.2 Å². The van der Waals surface area contributed by atoms with Gasteiger partial charge in [-0.1, -0.05) is 17.8 Å². The molecule has 1 aliphatic carbocycles. The molecule has 1 spiro atoms. The summed E-state index contributed by atoms with van der Waals surface area (Å²) in [6.07, 6.45) is 0.312. The van der Waals surface area contributed by atoms with Gasteiger partial charge in [0.2, 0.25) is 0 Å². The van der Waals surface area contributed by atoms with E-state index in [0.717, 1.165) is 87.8 Å². The molecule has 34 heavy (non-hydrogen) atoms. The van der Waals surface area contributed by atoms with E-state index in [1.165, 1.54) is 6.07 Å². The first-order valence-electron chi connectivity index (χ1n) is 12.0. The molecule has 2 saturated heterocycles. The van der Waals surface area contributed by atoms with Crippen LogP contribution >= 0.6 is 11.8 Å². The van der Waals surface area contributed by atoms with Crippen molar-refractivity contribution >= 4 is 11.8 Å². The van der Waals surface area contributed by atoms with Crippen molar-refractivity contribution in [3.8, 4) is 0 Å². The number of thioether (sulfide) groups is 1. The van der Waals surface area contributed by atoms with E-state index in [2.05, 4.69) is 19.7 Å². The van der Waals surface area contributed by atoms with Crippen LogP contribution in [-0.4, -0.2) is 58.3 Å². The standard InChI is InChI=1S/C24H30F4N4OS/c1-31-21(16-5-10-33-11-6-16)29-30-22(31)34-12-2-8-32-9-7-23(15-32)14-19(23)18-4-3-17(13-20(18)25)24(26,27)28/h3-4,13,16,19H,2,5-12,14-15H2,1H3/t19-,23+/m1/s1. The van der Waals surface area contributed by atoms with Crippen LogP contribution in [0.25, 0.3) is 0 Å². The summed E-state index contributed by atoms with van der Waals surface area (Å²) in [6, 6.07) is 2.99. The normalized spacial score (nSPS) is 26.0. The van der Waals surface area contributed by atoms with Crippen molar-refractivity contribution in [3.63, 3.8) is 0 Å². The largest absolute Gasteiger partial charge is 0.416 e. The van der Waals surface area contributed by atoms with Crippen molar-refractivity contribution in [2.75, 3.05) is 38.6 Å². The van der Waals surface area contributed by atoms with Crippen molar-refractivity contribution in [1.82, 2.24) is 19.7 Å². The summed E-state index contributed by atoms with van der Waals surface area (Å²) in [6.45, 7) is 4.37. The van der Waals surface area contributed by atoms with E-state index in [1.54, 1.807) is 11.8 Å². The molecule has 3 heterocycles. The molecule has 5 rings (SSSR count). The summed E-state index contributed by atoms with van der Waals surface area (Å²) in [4.78, 5) is 2.41.